The Hall–Kier alpha value is -0.540. The Morgan fingerprint density at radius 2 is 2.11 bits per heavy atom. The van der Waals surface area contributed by atoms with Gasteiger partial charge in [0.25, 0.3) is 0 Å². The van der Waals surface area contributed by atoms with Gasteiger partial charge in [0.1, 0.15) is 5.75 Å². The SMILES string of the molecule is CCCN[C@@H]1CCCC[C@@H]1c1cc(OC)ccc1Br. The highest BCUT2D eigenvalue weighted by Gasteiger charge is 2.27. The summed E-state index contributed by atoms with van der Waals surface area (Å²) in [7, 11) is 1.74. The lowest BCUT2D eigenvalue weighted by molar-refractivity contribution is 0.326. The van der Waals surface area contributed by atoms with E-state index in [-0.39, 0.29) is 0 Å². The van der Waals surface area contributed by atoms with Gasteiger partial charge in [0.2, 0.25) is 0 Å². The molecule has 2 rings (SSSR count). The maximum absolute atomic E-state index is 5.38. The summed E-state index contributed by atoms with van der Waals surface area (Å²) < 4.78 is 6.59. The van der Waals surface area contributed by atoms with Gasteiger partial charge in [-0.2, -0.15) is 0 Å². The van der Waals surface area contributed by atoms with Gasteiger partial charge in [-0.15, -0.1) is 0 Å². The van der Waals surface area contributed by atoms with Crippen molar-refractivity contribution in [1.82, 2.24) is 5.32 Å². The van der Waals surface area contributed by atoms with Crippen LogP contribution in [-0.2, 0) is 0 Å². The number of ether oxygens (including phenoxy) is 1. The fraction of sp³-hybridized carbons (Fsp3) is 0.625. The molecular weight excluding hydrogens is 302 g/mol. The lowest BCUT2D eigenvalue weighted by Crippen LogP contribution is -2.37. The zero-order valence-corrected chi connectivity index (χ0v) is 13.5. The van der Waals surface area contributed by atoms with Crippen molar-refractivity contribution in [2.75, 3.05) is 13.7 Å². The number of methoxy groups -OCH3 is 1. The molecule has 0 saturated heterocycles. The Labute approximate surface area is 125 Å². The number of halogens is 1. The molecule has 1 aliphatic carbocycles. The predicted molar refractivity (Wildman–Crippen MR) is 84.0 cm³/mol. The summed E-state index contributed by atoms with van der Waals surface area (Å²) in [5.41, 5.74) is 1.40. The highest BCUT2D eigenvalue weighted by Crippen LogP contribution is 2.38. The fourth-order valence-corrected chi connectivity index (χ4v) is 3.55. The van der Waals surface area contributed by atoms with E-state index in [2.05, 4.69) is 40.3 Å². The molecule has 2 nitrogen and oxygen atoms in total. The molecule has 0 bridgehead atoms. The van der Waals surface area contributed by atoms with Gasteiger partial charge in [-0.05, 0) is 49.6 Å². The van der Waals surface area contributed by atoms with E-state index in [9.17, 15) is 0 Å². The minimum Gasteiger partial charge on any atom is -0.497 e. The van der Waals surface area contributed by atoms with Crippen LogP contribution in [0, 0.1) is 0 Å². The van der Waals surface area contributed by atoms with E-state index in [4.69, 9.17) is 4.74 Å². The van der Waals surface area contributed by atoms with Crippen LogP contribution < -0.4 is 10.1 Å². The average molecular weight is 326 g/mol. The first-order valence-electron chi connectivity index (χ1n) is 7.33. The van der Waals surface area contributed by atoms with Crippen LogP contribution in [0.1, 0.15) is 50.5 Å². The van der Waals surface area contributed by atoms with Gasteiger partial charge < -0.3 is 10.1 Å². The van der Waals surface area contributed by atoms with Crippen molar-refractivity contribution < 1.29 is 4.74 Å². The van der Waals surface area contributed by atoms with Crippen molar-refractivity contribution in [3.8, 4) is 5.75 Å². The molecule has 1 N–H and O–H groups in total. The third-order valence-corrected chi connectivity index (χ3v) is 4.75. The Morgan fingerprint density at radius 3 is 2.84 bits per heavy atom. The van der Waals surface area contributed by atoms with E-state index < -0.39 is 0 Å². The zero-order chi connectivity index (χ0) is 13.7. The first kappa shape index (κ1) is 14.9. The molecule has 1 aromatic carbocycles. The molecule has 0 aliphatic heterocycles. The van der Waals surface area contributed by atoms with Crippen molar-refractivity contribution in [2.24, 2.45) is 0 Å². The van der Waals surface area contributed by atoms with Crippen molar-refractivity contribution in [2.45, 2.75) is 51.0 Å². The molecule has 19 heavy (non-hydrogen) atoms. The van der Waals surface area contributed by atoms with E-state index in [0.717, 1.165) is 12.3 Å². The molecule has 2 atom stereocenters. The molecule has 0 aromatic heterocycles. The summed E-state index contributed by atoms with van der Waals surface area (Å²) in [4.78, 5) is 0. The summed E-state index contributed by atoms with van der Waals surface area (Å²) in [5.74, 6) is 1.56. The minimum atomic E-state index is 0.602. The van der Waals surface area contributed by atoms with Crippen molar-refractivity contribution >= 4 is 15.9 Å². The monoisotopic (exact) mass is 325 g/mol. The van der Waals surface area contributed by atoms with Crippen LogP contribution in [0.4, 0.5) is 0 Å². The maximum Gasteiger partial charge on any atom is 0.119 e. The molecule has 0 heterocycles. The van der Waals surface area contributed by atoms with Crippen LogP contribution >= 0.6 is 15.9 Å². The van der Waals surface area contributed by atoms with Crippen LogP contribution in [0.3, 0.4) is 0 Å². The number of hydrogen-bond acceptors (Lipinski definition) is 2. The number of rotatable bonds is 5. The molecule has 1 aromatic rings. The molecule has 1 aliphatic rings. The molecule has 0 unspecified atom stereocenters. The highest BCUT2D eigenvalue weighted by molar-refractivity contribution is 9.10. The lowest BCUT2D eigenvalue weighted by atomic mass is 9.80. The smallest absolute Gasteiger partial charge is 0.119 e. The second-order valence-corrected chi connectivity index (χ2v) is 6.19. The molecule has 106 valence electrons. The quantitative estimate of drug-likeness (QED) is 0.861. The number of hydrogen-bond donors (Lipinski definition) is 1. The molecule has 1 saturated carbocycles. The summed E-state index contributed by atoms with van der Waals surface area (Å²) in [5, 5.41) is 3.72. The van der Waals surface area contributed by atoms with Crippen LogP contribution in [0.2, 0.25) is 0 Å². The normalized spacial score (nSPS) is 23.3. The van der Waals surface area contributed by atoms with Gasteiger partial charge >= 0.3 is 0 Å². The van der Waals surface area contributed by atoms with Gasteiger partial charge in [0.05, 0.1) is 7.11 Å². The van der Waals surface area contributed by atoms with Gasteiger partial charge in [-0.3, -0.25) is 0 Å². The summed E-state index contributed by atoms with van der Waals surface area (Å²) in [6.07, 6.45) is 6.43. The van der Waals surface area contributed by atoms with Gasteiger partial charge in [-0.25, -0.2) is 0 Å². The van der Waals surface area contributed by atoms with E-state index in [1.807, 2.05) is 6.07 Å². The Bertz CT molecular complexity index is 408. The molecule has 0 radical (unpaired) electrons. The largest absolute Gasteiger partial charge is 0.497 e. The van der Waals surface area contributed by atoms with Crippen molar-refractivity contribution in [3.05, 3.63) is 28.2 Å². The van der Waals surface area contributed by atoms with Crippen LogP contribution in [-0.4, -0.2) is 19.7 Å². The number of nitrogens with one attached hydrogen (secondary N) is 1. The molecule has 0 spiro atoms. The summed E-state index contributed by atoms with van der Waals surface area (Å²) in [6.45, 7) is 3.34. The minimum absolute atomic E-state index is 0.602. The topological polar surface area (TPSA) is 21.3 Å². The second-order valence-electron chi connectivity index (χ2n) is 5.34. The summed E-state index contributed by atoms with van der Waals surface area (Å²) >= 11 is 3.71. The van der Waals surface area contributed by atoms with Gasteiger partial charge in [0.15, 0.2) is 0 Å². The summed E-state index contributed by atoms with van der Waals surface area (Å²) in [6, 6.07) is 6.93. The van der Waals surface area contributed by atoms with Crippen LogP contribution in [0.5, 0.6) is 5.75 Å². The third-order valence-electron chi connectivity index (χ3n) is 4.03. The van der Waals surface area contributed by atoms with Crippen LogP contribution in [0.15, 0.2) is 22.7 Å². The highest BCUT2D eigenvalue weighted by atomic mass is 79.9. The Balaban J connectivity index is 2.21. The third kappa shape index (κ3) is 3.73. The van der Waals surface area contributed by atoms with Gasteiger partial charge in [0, 0.05) is 16.4 Å². The standard InChI is InChI=1S/C16H24BrNO/c1-3-10-18-16-7-5-4-6-13(16)14-11-12(19-2)8-9-15(14)17/h8-9,11,13,16,18H,3-7,10H2,1-2H3/t13-,16-/m1/s1. The first-order valence-corrected chi connectivity index (χ1v) is 8.12. The Morgan fingerprint density at radius 1 is 1.32 bits per heavy atom. The van der Waals surface area contributed by atoms with E-state index >= 15 is 0 Å². The molecule has 1 fully saturated rings. The van der Waals surface area contributed by atoms with E-state index in [1.54, 1.807) is 7.11 Å². The molecule has 3 heteroatoms. The lowest BCUT2D eigenvalue weighted by Gasteiger charge is -2.33. The fourth-order valence-electron chi connectivity index (χ4n) is 3.01. The van der Waals surface area contributed by atoms with Crippen molar-refractivity contribution in [3.63, 3.8) is 0 Å². The van der Waals surface area contributed by atoms with Crippen molar-refractivity contribution in [1.29, 1.82) is 0 Å². The molecule has 0 amide bonds. The average Bonchev–Trinajstić information content (AvgIpc) is 2.46. The number of benzene rings is 1. The predicted octanol–water partition coefficient (Wildman–Crippen LogP) is 4.48. The maximum atomic E-state index is 5.38. The molecular formula is C16H24BrNO. The van der Waals surface area contributed by atoms with E-state index in [1.165, 1.54) is 42.1 Å². The van der Waals surface area contributed by atoms with E-state index in [0.29, 0.717) is 12.0 Å². The first-order chi connectivity index (χ1) is 9.26. The van der Waals surface area contributed by atoms with Gasteiger partial charge in [-0.1, -0.05) is 35.7 Å². The van der Waals surface area contributed by atoms with Crippen LogP contribution in [0.25, 0.3) is 0 Å². The second kappa shape index (κ2) is 7.30. The zero-order valence-electron chi connectivity index (χ0n) is 11.9. The Kier molecular flexibility index (Phi) is 5.71.